The van der Waals surface area contributed by atoms with E-state index in [1.165, 1.54) is 0 Å². The number of imidazole rings is 1. The molecule has 4 heteroatoms. The summed E-state index contributed by atoms with van der Waals surface area (Å²) in [4.78, 5) is 7.67. The number of H-pyrrole nitrogens is 1. The van der Waals surface area contributed by atoms with Gasteiger partial charge in [-0.05, 0) is 35.0 Å². The van der Waals surface area contributed by atoms with Crippen molar-refractivity contribution in [2.24, 2.45) is 0 Å². The highest BCUT2D eigenvalue weighted by Gasteiger charge is 2.10. The van der Waals surface area contributed by atoms with Crippen LogP contribution in [0.3, 0.4) is 0 Å². The van der Waals surface area contributed by atoms with E-state index < -0.39 is 0 Å². The van der Waals surface area contributed by atoms with Crippen molar-refractivity contribution in [2.75, 3.05) is 0 Å². The first-order valence-electron chi connectivity index (χ1n) is 5.87. The van der Waals surface area contributed by atoms with Crippen LogP contribution in [0.2, 0.25) is 5.02 Å². The van der Waals surface area contributed by atoms with E-state index in [2.05, 4.69) is 38.0 Å². The highest BCUT2D eigenvalue weighted by atomic mass is 79.9. The average molecular weight is 332 g/mol. The standard InChI is InChI=1S/C15H8BrClN2/c16-8-1-3-10-12(5-8)13-6-9(17)2-4-11(13)15-14(10)18-7-19-15/h1-7H,(H,18,19). The second-order valence-corrected chi connectivity index (χ2v) is 5.86. The van der Waals surface area contributed by atoms with Crippen molar-refractivity contribution < 1.29 is 0 Å². The summed E-state index contributed by atoms with van der Waals surface area (Å²) in [7, 11) is 0. The van der Waals surface area contributed by atoms with Gasteiger partial charge in [0, 0.05) is 20.3 Å². The molecular formula is C15H8BrClN2. The molecule has 2 nitrogen and oxygen atoms in total. The van der Waals surface area contributed by atoms with Gasteiger partial charge in [-0.15, -0.1) is 0 Å². The van der Waals surface area contributed by atoms with E-state index in [4.69, 9.17) is 11.6 Å². The maximum atomic E-state index is 6.15. The van der Waals surface area contributed by atoms with Gasteiger partial charge in [0.1, 0.15) is 0 Å². The van der Waals surface area contributed by atoms with Gasteiger partial charge in [0.05, 0.1) is 17.4 Å². The van der Waals surface area contributed by atoms with Gasteiger partial charge >= 0.3 is 0 Å². The van der Waals surface area contributed by atoms with E-state index in [9.17, 15) is 0 Å². The maximum Gasteiger partial charge on any atom is 0.0967 e. The number of hydrogen-bond donors (Lipinski definition) is 1. The molecule has 0 aliphatic carbocycles. The summed E-state index contributed by atoms with van der Waals surface area (Å²) in [6, 6.07) is 12.2. The Morgan fingerprint density at radius 2 is 1.74 bits per heavy atom. The zero-order valence-electron chi connectivity index (χ0n) is 9.74. The van der Waals surface area contributed by atoms with Gasteiger partial charge < -0.3 is 4.98 Å². The minimum atomic E-state index is 0.743. The zero-order valence-corrected chi connectivity index (χ0v) is 12.1. The molecule has 92 valence electrons. The molecule has 0 aliphatic rings. The van der Waals surface area contributed by atoms with E-state index >= 15 is 0 Å². The second-order valence-electron chi connectivity index (χ2n) is 4.51. The number of aromatic amines is 1. The number of rotatable bonds is 0. The zero-order chi connectivity index (χ0) is 13.0. The molecule has 0 saturated heterocycles. The normalized spacial score (nSPS) is 11.7. The average Bonchev–Trinajstić information content (AvgIpc) is 2.88. The Kier molecular flexibility index (Phi) is 2.34. The second kappa shape index (κ2) is 3.95. The van der Waals surface area contributed by atoms with Crippen molar-refractivity contribution in [2.45, 2.75) is 0 Å². The van der Waals surface area contributed by atoms with Gasteiger partial charge in [-0.3, -0.25) is 0 Å². The van der Waals surface area contributed by atoms with Crippen molar-refractivity contribution in [1.29, 1.82) is 0 Å². The fraction of sp³-hybridized carbons (Fsp3) is 0. The first-order chi connectivity index (χ1) is 9.24. The van der Waals surface area contributed by atoms with Gasteiger partial charge in [0.2, 0.25) is 0 Å². The van der Waals surface area contributed by atoms with Crippen LogP contribution in [0.15, 0.2) is 47.2 Å². The minimum absolute atomic E-state index is 0.743. The Balaban J connectivity index is 2.41. The lowest BCUT2D eigenvalue weighted by Crippen LogP contribution is -1.82. The lowest BCUT2D eigenvalue weighted by Gasteiger charge is -2.07. The van der Waals surface area contributed by atoms with E-state index in [1.807, 2.05) is 24.3 Å². The van der Waals surface area contributed by atoms with Gasteiger partial charge in [-0.25, -0.2) is 4.98 Å². The van der Waals surface area contributed by atoms with Crippen LogP contribution in [0.4, 0.5) is 0 Å². The van der Waals surface area contributed by atoms with Crippen LogP contribution in [0.5, 0.6) is 0 Å². The monoisotopic (exact) mass is 330 g/mol. The number of benzene rings is 3. The van der Waals surface area contributed by atoms with E-state index in [-0.39, 0.29) is 0 Å². The quantitative estimate of drug-likeness (QED) is 0.436. The van der Waals surface area contributed by atoms with E-state index in [1.54, 1.807) is 6.33 Å². The van der Waals surface area contributed by atoms with Gasteiger partial charge in [-0.2, -0.15) is 0 Å². The lowest BCUT2D eigenvalue weighted by atomic mass is 10.00. The van der Waals surface area contributed by atoms with Crippen LogP contribution in [-0.4, -0.2) is 9.97 Å². The fourth-order valence-electron chi connectivity index (χ4n) is 2.61. The molecule has 0 aliphatic heterocycles. The Morgan fingerprint density at radius 1 is 0.947 bits per heavy atom. The summed E-state index contributed by atoms with van der Waals surface area (Å²) >= 11 is 9.68. The van der Waals surface area contributed by atoms with Gasteiger partial charge in [-0.1, -0.05) is 39.7 Å². The molecule has 1 heterocycles. The van der Waals surface area contributed by atoms with E-state index in [0.717, 1.165) is 42.1 Å². The molecule has 3 aromatic carbocycles. The molecule has 0 atom stereocenters. The predicted octanol–water partition coefficient (Wildman–Crippen LogP) is 5.29. The Labute approximate surface area is 122 Å². The summed E-state index contributed by atoms with van der Waals surface area (Å²) in [6.07, 6.45) is 1.74. The SMILES string of the molecule is Clc1ccc2c(c1)c1cc(Br)ccc1c1nc[nH]c21. The Morgan fingerprint density at radius 3 is 2.63 bits per heavy atom. The first-order valence-corrected chi connectivity index (χ1v) is 7.05. The molecule has 4 aromatic rings. The van der Waals surface area contributed by atoms with Gasteiger partial charge in [0.15, 0.2) is 0 Å². The molecule has 0 amide bonds. The summed E-state index contributed by atoms with van der Waals surface area (Å²) in [6.45, 7) is 0. The van der Waals surface area contributed by atoms with Crippen molar-refractivity contribution in [3.63, 3.8) is 0 Å². The third-order valence-electron chi connectivity index (χ3n) is 3.42. The third-order valence-corrected chi connectivity index (χ3v) is 4.15. The van der Waals surface area contributed by atoms with Crippen molar-refractivity contribution >= 4 is 60.1 Å². The molecule has 19 heavy (non-hydrogen) atoms. The summed E-state index contributed by atoms with van der Waals surface area (Å²) in [5.41, 5.74) is 2.05. The molecule has 0 saturated carbocycles. The third kappa shape index (κ3) is 1.58. The van der Waals surface area contributed by atoms with Crippen LogP contribution < -0.4 is 0 Å². The summed E-state index contributed by atoms with van der Waals surface area (Å²) in [5, 5.41) is 5.32. The topological polar surface area (TPSA) is 28.7 Å². The highest BCUT2D eigenvalue weighted by molar-refractivity contribution is 9.10. The Hall–Kier alpha value is -1.58. The molecule has 0 radical (unpaired) electrons. The molecule has 0 spiro atoms. The van der Waals surface area contributed by atoms with Crippen LogP contribution in [0.1, 0.15) is 0 Å². The van der Waals surface area contributed by atoms with Crippen LogP contribution in [0.25, 0.3) is 32.6 Å². The molecule has 0 unspecified atom stereocenters. The van der Waals surface area contributed by atoms with Crippen LogP contribution in [0, 0.1) is 0 Å². The summed E-state index contributed by atoms with van der Waals surface area (Å²) in [5.74, 6) is 0. The van der Waals surface area contributed by atoms with Gasteiger partial charge in [0.25, 0.3) is 0 Å². The number of hydrogen-bond acceptors (Lipinski definition) is 1. The number of fused-ring (bicyclic) bond motifs is 6. The first kappa shape index (κ1) is 11.3. The smallest absolute Gasteiger partial charge is 0.0967 e. The van der Waals surface area contributed by atoms with Crippen LogP contribution >= 0.6 is 27.5 Å². The minimum Gasteiger partial charge on any atom is -0.344 e. The number of nitrogens with one attached hydrogen (secondary N) is 1. The molecule has 1 aromatic heterocycles. The number of nitrogens with zero attached hydrogens (tertiary/aromatic N) is 1. The highest BCUT2D eigenvalue weighted by Crippen LogP contribution is 2.35. The Bertz CT molecular complexity index is 867. The van der Waals surface area contributed by atoms with Crippen molar-refractivity contribution in [3.8, 4) is 0 Å². The van der Waals surface area contributed by atoms with Crippen molar-refractivity contribution in [1.82, 2.24) is 9.97 Å². The molecule has 1 N–H and O–H groups in total. The maximum absolute atomic E-state index is 6.15. The number of aromatic nitrogens is 2. The molecule has 4 rings (SSSR count). The van der Waals surface area contributed by atoms with Crippen molar-refractivity contribution in [3.05, 3.63) is 52.2 Å². The largest absolute Gasteiger partial charge is 0.344 e. The molecule has 0 bridgehead atoms. The molecular weight excluding hydrogens is 324 g/mol. The lowest BCUT2D eigenvalue weighted by molar-refractivity contribution is 1.35. The summed E-state index contributed by atoms with van der Waals surface area (Å²) < 4.78 is 1.05. The number of halogens is 2. The fourth-order valence-corrected chi connectivity index (χ4v) is 3.14. The predicted molar refractivity (Wildman–Crippen MR) is 83.8 cm³/mol. The van der Waals surface area contributed by atoms with E-state index in [0.29, 0.717) is 0 Å². The van der Waals surface area contributed by atoms with Crippen LogP contribution in [-0.2, 0) is 0 Å². The molecule has 0 fully saturated rings.